The van der Waals surface area contributed by atoms with Gasteiger partial charge < -0.3 is 20.0 Å². The van der Waals surface area contributed by atoms with Crippen LogP contribution in [0.4, 0.5) is 5.69 Å². The molecule has 0 aliphatic carbocycles. The number of aromatic hydroxyl groups is 1. The molecule has 1 aliphatic rings. The van der Waals surface area contributed by atoms with Crippen LogP contribution in [0.1, 0.15) is 12.8 Å². The van der Waals surface area contributed by atoms with E-state index in [0.717, 1.165) is 31.6 Å². The number of benzene rings is 2. The monoisotopic (exact) mass is 304 g/mol. The molecule has 0 amide bonds. The number of nitrogens with zero attached hydrogens (tertiary/aromatic N) is 1. The Balaban J connectivity index is 1.73. The molecule has 1 saturated heterocycles. The molecular weight excluding hydrogens is 286 g/mol. The molecule has 114 valence electrons. The van der Waals surface area contributed by atoms with Gasteiger partial charge in [0.2, 0.25) is 0 Å². The van der Waals surface area contributed by atoms with Crippen molar-refractivity contribution in [2.75, 3.05) is 18.4 Å². The Morgan fingerprint density at radius 1 is 1.22 bits per heavy atom. The van der Waals surface area contributed by atoms with Crippen LogP contribution in [0.5, 0.6) is 17.2 Å². The summed E-state index contributed by atoms with van der Waals surface area (Å²) in [6.45, 7) is 1.69. The molecule has 1 heterocycles. The summed E-state index contributed by atoms with van der Waals surface area (Å²) in [4.78, 5) is 1.88. The molecule has 23 heavy (non-hydrogen) atoms. The molecule has 0 spiro atoms. The molecule has 4 nitrogen and oxygen atoms in total. The standard InChI is InChI=1S/C17H18B2N2O2/c18-12-3-8-16(20-11-13-2-1-9-21(13)19)17(10-12)23-15-6-4-14(22)5-7-15/h3-8,10,13,20,22H,1-2,9,11H2/t13-/m0/s1. The number of anilines is 1. The summed E-state index contributed by atoms with van der Waals surface area (Å²) in [5, 5.41) is 12.7. The molecule has 0 bridgehead atoms. The van der Waals surface area contributed by atoms with Crippen LogP contribution in [0, 0.1) is 0 Å². The fourth-order valence-corrected chi connectivity index (χ4v) is 2.72. The normalized spacial score (nSPS) is 18.0. The number of rotatable bonds is 5. The topological polar surface area (TPSA) is 44.7 Å². The molecule has 4 radical (unpaired) electrons. The maximum Gasteiger partial charge on any atom is 0.182 e. The lowest BCUT2D eigenvalue weighted by molar-refractivity contribution is 0.434. The van der Waals surface area contributed by atoms with Gasteiger partial charge >= 0.3 is 0 Å². The Kier molecular flexibility index (Phi) is 4.82. The van der Waals surface area contributed by atoms with Crippen LogP contribution in [-0.4, -0.2) is 44.9 Å². The predicted molar refractivity (Wildman–Crippen MR) is 94.0 cm³/mol. The van der Waals surface area contributed by atoms with E-state index < -0.39 is 0 Å². The van der Waals surface area contributed by atoms with Gasteiger partial charge in [0.15, 0.2) is 7.98 Å². The van der Waals surface area contributed by atoms with Crippen molar-refractivity contribution >= 4 is 27.0 Å². The van der Waals surface area contributed by atoms with Gasteiger partial charge in [0, 0.05) is 12.6 Å². The quantitative estimate of drug-likeness (QED) is 0.829. The zero-order valence-electron chi connectivity index (χ0n) is 12.9. The van der Waals surface area contributed by atoms with E-state index in [-0.39, 0.29) is 5.75 Å². The van der Waals surface area contributed by atoms with Crippen LogP contribution < -0.4 is 15.5 Å². The second kappa shape index (κ2) is 7.00. The average molecular weight is 304 g/mol. The molecule has 2 aromatic carbocycles. The highest BCUT2D eigenvalue weighted by Crippen LogP contribution is 2.29. The highest BCUT2D eigenvalue weighted by molar-refractivity contribution is 6.32. The Morgan fingerprint density at radius 3 is 2.70 bits per heavy atom. The summed E-state index contributed by atoms with van der Waals surface area (Å²) in [5.74, 6) is 1.49. The van der Waals surface area contributed by atoms with Crippen LogP contribution in [0.2, 0.25) is 0 Å². The van der Waals surface area contributed by atoms with E-state index in [1.54, 1.807) is 30.3 Å². The summed E-state index contributed by atoms with van der Waals surface area (Å²) in [7, 11) is 11.8. The molecule has 0 aromatic heterocycles. The largest absolute Gasteiger partial charge is 0.508 e. The first-order chi connectivity index (χ1) is 11.1. The minimum Gasteiger partial charge on any atom is -0.508 e. The molecule has 1 fully saturated rings. The number of ether oxygens (including phenoxy) is 1. The van der Waals surface area contributed by atoms with Gasteiger partial charge in [-0.1, -0.05) is 11.5 Å². The molecular formula is C17H18B2N2O2. The molecule has 3 rings (SSSR count). The molecule has 2 aromatic rings. The van der Waals surface area contributed by atoms with E-state index in [1.165, 1.54) is 0 Å². The minimum atomic E-state index is 0.201. The average Bonchev–Trinajstić information content (AvgIpc) is 2.94. The van der Waals surface area contributed by atoms with Crippen molar-refractivity contribution < 1.29 is 9.84 Å². The Labute approximate surface area is 139 Å². The molecule has 0 unspecified atom stereocenters. The Bertz CT molecular complexity index is 664. The van der Waals surface area contributed by atoms with Crippen LogP contribution >= 0.6 is 0 Å². The van der Waals surface area contributed by atoms with E-state index in [0.29, 0.717) is 23.0 Å². The third-order valence-corrected chi connectivity index (χ3v) is 4.02. The molecule has 2 N–H and O–H groups in total. The second-order valence-electron chi connectivity index (χ2n) is 5.77. The first kappa shape index (κ1) is 15.8. The second-order valence-corrected chi connectivity index (χ2v) is 5.77. The van der Waals surface area contributed by atoms with Gasteiger partial charge in [-0.15, -0.1) is 0 Å². The van der Waals surface area contributed by atoms with Gasteiger partial charge in [-0.05, 0) is 55.8 Å². The van der Waals surface area contributed by atoms with Crippen molar-refractivity contribution in [1.29, 1.82) is 0 Å². The van der Waals surface area contributed by atoms with Crippen LogP contribution in [0.3, 0.4) is 0 Å². The summed E-state index contributed by atoms with van der Waals surface area (Å²) in [6, 6.07) is 12.4. The third-order valence-electron chi connectivity index (χ3n) is 4.02. The first-order valence-electron chi connectivity index (χ1n) is 7.73. The van der Waals surface area contributed by atoms with E-state index in [4.69, 9.17) is 20.6 Å². The molecule has 1 atom stereocenters. The van der Waals surface area contributed by atoms with Crippen LogP contribution in [-0.2, 0) is 0 Å². The number of nitrogens with one attached hydrogen (secondary N) is 1. The van der Waals surface area contributed by atoms with E-state index in [1.807, 2.05) is 16.9 Å². The zero-order valence-corrected chi connectivity index (χ0v) is 12.9. The van der Waals surface area contributed by atoms with E-state index in [2.05, 4.69) is 5.32 Å². The molecule has 0 saturated carbocycles. The van der Waals surface area contributed by atoms with E-state index in [9.17, 15) is 5.11 Å². The first-order valence-corrected chi connectivity index (χ1v) is 7.73. The van der Waals surface area contributed by atoms with Crippen molar-refractivity contribution in [3.05, 3.63) is 42.5 Å². The van der Waals surface area contributed by atoms with Gasteiger partial charge in [0.1, 0.15) is 25.1 Å². The summed E-state index contributed by atoms with van der Waals surface area (Å²) in [6.07, 6.45) is 2.22. The molecule has 1 aliphatic heterocycles. The maximum atomic E-state index is 9.35. The van der Waals surface area contributed by atoms with Crippen molar-refractivity contribution in [2.24, 2.45) is 0 Å². The van der Waals surface area contributed by atoms with Gasteiger partial charge in [-0.3, -0.25) is 0 Å². The van der Waals surface area contributed by atoms with Crippen LogP contribution in [0.25, 0.3) is 0 Å². The lowest BCUT2D eigenvalue weighted by atomic mass is 9.96. The lowest BCUT2D eigenvalue weighted by Crippen LogP contribution is -2.32. The van der Waals surface area contributed by atoms with Gasteiger partial charge in [0.05, 0.1) is 5.69 Å². The fraction of sp³-hybridized carbons (Fsp3) is 0.294. The third kappa shape index (κ3) is 4.02. The SMILES string of the molecule is [B]c1ccc(NC[C@@H]2CCCN2[B])c(Oc2ccc(O)cc2)c1. The lowest BCUT2D eigenvalue weighted by Gasteiger charge is -2.22. The Morgan fingerprint density at radius 2 is 2.00 bits per heavy atom. The summed E-state index contributed by atoms with van der Waals surface area (Å²) >= 11 is 0. The highest BCUT2D eigenvalue weighted by Gasteiger charge is 2.20. The smallest absolute Gasteiger partial charge is 0.182 e. The Hall–Kier alpha value is -2.07. The van der Waals surface area contributed by atoms with Gasteiger partial charge in [-0.25, -0.2) is 0 Å². The van der Waals surface area contributed by atoms with Gasteiger partial charge in [0.25, 0.3) is 0 Å². The number of phenolic OH excluding ortho intramolecular Hbond substituents is 1. The van der Waals surface area contributed by atoms with Gasteiger partial charge in [-0.2, -0.15) is 0 Å². The minimum absolute atomic E-state index is 0.201. The van der Waals surface area contributed by atoms with E-state index >= 15 is 0 Å². The number of hydrogen-bond acceptors (Lipinski definition) is 4. The summed E-state index contributed by atoms with van der Waals surface area (Å²) in [5.41, 5.74) is 1.50. The number of phenols is 1. The predicted octanol–water partition coefficient (Wildman–Crippen LogP) is 1.94. The van der Waals surface area contributed by atoms with Crippen molar-refractivity contribution in [3.8, 4) is 17.2 Å². The number of hydrogen-bond donors (Lipinski definition) is 2. The molecule has 6 heteroatoms. The maximum absolute atomic E-state index is 9.35. The van der Waals surface area contributed by atoms with Crippen LogP contribution in [0.15, 0.2) is 42.5 Å². The fourth-order valence-electron chi connectivity index (χ4n) is 2.72. The summed E-state index contributed by atoms with van der Waals surface area (Å²) < 4.78 is 5.89. The van der Waals surface area contributed by atoms with Crippen molar-refractivity contribution in [2.45, 2.75) is 18.9 Å². The zero-order chi connectivity index (χ0) is 16.2. The van der Waals surface area contributed by atoms with Crippen molar-refractivity contribution in [3.63, 3.8) is 0 Å². The van der Waals surface area contributed by atoms with Crippen molar-refractivity contribution in [1.82, 2.24) is 4.81 Å². The highest BCUT2D eigenvalue weighted by atomic mass is 16.5.